The Morgan fingerprint density at radius 3 is 2.77 bits per heavy atom. The van der Waals surface area contributed by atoms with E-state index in [-0.39, 0.29) is 23.7 Å². The van der Waals surface area contributed by atoms with Crippen molar-refractivity contribution in [1.82, 2.24) is 18.7 Å². The van der Waals surface area contributed by atoms with Crippen LogP contribution in [0.25, 0.3) is 11.2 Å². The number of aromatic nitrogens is 4. The molecule has 9 nitrogen and oxygen atoms in total. The van der Waals surface area contributed by atoms with Crippen molar-refractivity contribution in [3.63, 3.8) is 0 Å². The first-order valence-corrected chi connectivity index (χ1v) is 10.2. The molecule has 9 heteroatoms. The number of nitrogens with zero attached hydrogens (tertiary/aromatic N) is 5. The molecule has 160 valence electrons. The Hall–Kier alpha value is -3.07. The summed E-state index contributed by atoms with van der Waals surface area (Å²) in [5.41, 5.74) is 1.06. The normalized spacial score (nSPS) is 16.1. The maximum absolute atomic E-state index is 13.3. The van der Waals surface area contributed by atoms with Crippen LogP contribution in [0, 0.1) is 5.92 Å². The smallest absolute Gasteiger partial charge is 0.332 e. The second kappa shape index (κ2) is 7.98. The van der Waals surface area contributed by atoms with Crippen LogP contribution >= 0.6 is 0 Å². The third kappa shape index (κ3) is 3.28. The summed E-state index contributed by atoms with van der Waals surface area (Å²) >= 11 is 0. The summed E-state index contributed by atoms with van der Waals surface area (Å²) in [5.74, 6) is 1.69. The van der Waals surface area contributed by atoms with Crippen LogP contribution in [0.15, 0.2) is 33.9 Å². The van der Waals surface area contributed by atoms with Crippen LogP contribution in [0.4, 0.5) is 11.6 Å². The second-order valence-corrected chi connectivity index (χ2v) is 7.61. The molecular weight excluding hydrogens is 386 g/mol. The van der Waals surface area contributed by atoms with Crippen LogP contribution in [-0.4, -0.2) is 45.6 Å². The highest BCUT2D eigenvalue weighted by molar-refractivity contribution is 5.77. The van der Waals surface area contributed by atoms with Crippen molar-refractivity contribution in [3.05, 3.63) is 45.1 Å². The summed E-state index contributed by atoms with van der Waals surface area (Å²) in [6.07, 6.45) is 0. The molecule has 0 unspecified atom stereocenters. The third-order valence-corrected chi connectivity index (χ3v) is 5.47. The van der Waals surface area contributed by atoms with Gasteiger partial charge < -0.3 is 18.9 Å². The van der Waals surface area contributed by atoms with Crippen molar-refractivity contribution >= 4 is 22.8 Å². The summed E-state index contributed by atoms with van der Waals surface area (Å²) in [6, 6.07) is 7.75. The molecule has 0 spiro atoms. The monoisotopic (exact) mass is 413 g/mol. The van der Waals surface area contributed by atoms with E-state index in [0.717, 1.165) is 18.0 Å². The first-order valence-electron chi connectivity index (χ1n) is 10.2. The van der Waals surface area contributed by atoms with Gasteiger partial charge in [0.25, 0.3) is 5.56 Å². The molecule has 0 fully saturated rings. The fraction of sp³-hybridized carbons (Fsp3) is 0.476. The van der Waals surface area contributed by atoms with Gasteiger partial charge in [-0.3, -0.25) is 13.9 Å². The number of hydrogen-bond acceptors (Lipinski definition) is 6. The fourth-order valence-electron chi connectivity index (χ4n) is 4.00. The van der Waals surface area contributed by atoms with Gasteiger partial charge in [-0.05, 0) is 25.0 Å². The van der Waals surface area contributed by atoms with E-state index in [0.29, 0.717) is 36.9 Å². The highest BCUT2D eigenvalue weighted by Gasteiger charge is 2.30. The number of anilines is 2. The summed E-state index contributed by atoms with van der Waals surface area (Å²) in [4.78, 5) is 32.9. The van der Waals surface area contributed by atoms with Gasteiger partial charge in [-0.2, -0.15) is 4.98 Å². The van der Waals surface area contributed by atoms with E-state index in [1.807, 2.05) is 35.8 Å². The first kappa shape index (κ1) is 20.2. The molecule has 0 bridgehead atoms. The van der Waals surface area contributed by atoms with Crippen LogP contribution in [0.1, 0.15) is 13.8 Å². The zero-order valence-corrected chi connectivity index (χ0v) is 17.8. The van der Waals surface area contributed by atoms with E-state index in [2.05, 4.69) is 11.8 Å². The standard InChI is InChI=1S/C21H27N5O4/c1-5-30-10-9-24-19(27)17-18(23(3)21(24)28)22-20-25(12-14(2)13-26(17)20)15-7-6-8-16(11-15)29-4/h6-8,11,14H,5,9-10,12-13H2,1-4H3/t14-/m1/s1. The highest BCUT2D eigenvalue weighted by Crippen LogP contribution is 2.34. The minimum Gasteiger partial charge on any atom is -0.497 e. The predicted octanol–water partition coefficient (Wildman–Crippen LogP) is 1.73. The zero-order chi connectivity index (χ0) is 21.4. The number of aryl methyl sites for hydroxylation is 1. The average molecular weight is 413 g/mol. The van der Waals surface area contributed by atoms with Gasteiger partial charge in [0.15, 0.2) is 11.2 Å². The topological polar surface area (TPSA) is 83.5 Å². The minimum absolute atomic E-state index is 0.213. The summed E-state index contributed by atoms with van der Waals surface area (Å²) in [7, 11) is 3.29. The van der Waals surface area contributed by atoms with E-state index in [9.17, 15) is 9.59 Å². The lowest BCUT2D eigenvalue weighted by Gasteiger charge is -2.33. The number of ether oxygens (including phenoxy) is 2. The molecule has 3 heterocycles. The lowest BCUT2D eigenvalue weighted by atomic mass is 10.1. The lowest BCUT2D eigenvalue weighted by molar-refractivity contribution is 0.137. The Morgan fingerprint density at radius 1 is 1.23 bits per heavy atom. The first-order chi connectivity index (χ1) is 14.5. The van der Waals surface area contributed by atoms with Crippen molar-refractivity contribution in [2.24, 2.45) is 13.0 Å². The predicted molar refractivity (Wildman–Crippen MR) is 115 cm³/mol. The van der Waals surface area contributed by atoms with Crippen LogP contribution < -0.4 is 20.9 Å². The molecule has 0 saturated heterocycles. The summed E-state index contributed by atoms with van der Waals surface area (Å²) in [5, 5.41) is 0. The van der Waals surface area contributed by atoms with E-state index in [1.165, 1.54) is 9.13 Å². The van der Waals surface area contributed by atoms with Gasteiger partial charge in [0, 0.05) is 38.5 Å². The van der Waals surface area contributed by atoms with Crippen LogP contribution in [0.2, 0.25) is 0 Å². The van der Waals surface area contributed by atoms with Gasteiger partial charge in [0.1, 0.15) is 5.75 Å². The van der Waals surface area contributed by atoms with Crippen molar-refractivity contribution in [2.45, 2.75) is 26.9 Å². The highest BCUT2D eigenvalue weighted by atomic mass is 16.5. The van der Waals surface area contributed by atoms with Crippen LogP contribution in [0.3, 0.4) is 0 Å². The Labute approximate surface area is 174 Å². The molecule has 0 saturated carbocycles. The van der Waals surface area contributed by atoms with Crippen LogP contribution in [-0.2, 0) is 24.9 Å². The van der Waals surface area contributed by atoms with Gasteiger partial charge in [0.2, 0.25) is 5.95 Å². The Balaban J connectivity index is 1.91. The summed E-state index contributed by atoms with van der Waals surface area (Å²) in [6.45, 7) is 6.49. The molecule has 30 heavy (non-hydrogen) atoms. The average Bonchev–Trinajstić information content (AvgIpc) is 3.13. The SMILES string of the molecule is CCOCCn1c(=O)c2c(nc3n2C[C@H](C)CN3c2cccc(OC)c2)n(C)c1=O. The molecule has 0 N–H and O–H groups in total. The Morgan fingerprint density at radius 2 is 2.03 bits per heavy atom. The quantitative estimate of drug-likeness (QED) is 0.573. The number of benzene rings is 1. The molecular formula is C21H27N5O4. The molecule has 0 radical (unpaired) electrons. The Kier molecular flexibility index (Phi) is 5.38. The number of fused-ring (bicyclic) bond motifs is 3. The molecule has 0 amide bonds. The maximum Gasteiger partial charge on any atom is 0.332 e. The van der Waals surface area contributed by atoms with Gasteiger partial charge >= 0.3 is 5.69 Å². The minimum atomic E-state index is -0.386. The van der Waals surface area contributed by atoms with Crippen molar-refractivity contribution in [3.8, 4) is 5.75 Å². The van der Waals surface area contributed by atoms with Crippen molar-refractivity contribution < 1.29 is 9.47 Å². The largest absolute Gasteiger partial charge is 0.497 e. The molecule has 4 rings (SSSR count). The lowest BCUT2D eigenvalue weighted by Crippen LogP contribution is -2.41. The zero-order valence-electron chi connectivity index (χ0n) is 17.8. The van der Waals surface area contributed by atoms with Crippen LogP contribution in [0.5, 0.6) is 5.75 Å². The van der Waals surface area contributed by atoms with Crippen molar-refractivity contribution in [2.75, 3.05) is 31.8 Å². The summed E-state index contributed by atoms with van der Waals surface area (Å²) < 4.78 is 15.3. The van der Waals surface area contributed by atoms with Gasteiger partial charge in [-0.1, -0.05) is 13.0 Å². The Bertz CT molecular complexity index is 1190. The van der Waals surface area contributed by atoms with Gasteiger partial charge in [-0.15, -0.1) is 0 Å². The second-order valence-electron chi connectivity index (χ2n) is 7.61. The number of methoxy groups -OCH3 is 1. The van der Waals surface area contributed by atoms with E-state index in [4.69, 9.17) is 14.5 Å². The number of rotatable bonds is 6. The van der Waals surface area contributed by atoms with E-state index < -0.39 is 0 Å². The molecule has 1 aliphatic rings. The molecule has 2 aromatic heterocycles. The third-order valence-electron chi connectivity index (χ3n) is 5.47. The van der Waals surface area contributed by atoms with Gasteiger partial charge in [0.05, 0.1) is 20.3 Å². The van der Waals surface area contributed by atoms with E-state index >= 15 is 0 Å². The van der Waals surface area contributed by atoms with Crippen molar-refractivity contribution in [1.29, 1.82) is 0 Å². The van der Waals surface area contributed by atoms with E-state index in [1.54, 1.807) is 14.2 Å². The molecule has 3 aromatic rings. The molecule has 0 aliphatic carbocycles. The molecule has 1 atom stereocenters. The van der Waals surface area contributed by atoms with Gasteiger partial charge in [-0.25, -0.2) is 4.79 Å². The number of imidazole rings is 1. The number of hydrogen-bond donors (Lipinski definition) is 0. The maximum atomic E-state index is 13.3. The molecule has 1 aromatic carbocycles. The fourth-order valence-corrected chi connectivity index (χ4v) is 4.00. The molecule has 1 aliphatic heterocycles.